The molecule has 0 aliphatic carbocycles. The zero-order valence-electron chi connectivity index (χ0n) is 15.8. The number of nitrogens with one attached hydrogen (secondary N) is 1. The molecule has 0 radical (unpaired) electrons. The molecule has 0 saturated carbocycles. The molecule has 5 nitrogen and oxygen atoms in total. The Kier molecular flexibility index (Phi) is 6.97. The summed E-state index contributed by atoms with van der Waals surface area (Å²) in [5.41, 5.74) is 1.20. The summed E-state index contributed by atoms with van der Waals surface area (Å²) in [6, 6.07) is 15.7. The SMILES string of the molecule is CC(CCNC(=O)CCCOc1ccccc1)c1ccc2c(c1)OCCO2. The molecule has 1 unspecified atom stereocenters. The average Bonchev–Trinajstić information content (AvgIpc) is 2.71. The van der Waals surface area contributed by atoms with Crippen LogP contribution >= 0.6 is 0 Å². The highest BCUT2D eigenvalue weighted by Gasteiger charge is 2.14. The molecule has 1 aliphatic rings. The van der Waals surface area contributed by atoms with Crippen LogP contribution < -0.4 is 19.5 Å². The molecule has 1 atom stereocenters. The fourth-order valence-electron chi connectivity index (χ4n) is 2.99. The topological polar surface area (TPSA) is 56.8 Å². The second kappa shape index (κ2) is 9.86. The first kappa shape index (κ1) is 19.1. The molecule has 0 bridgehead atoms. The predicted octanol–water partition coefficient (Wildman–Crippen LogP) is 3.93. The second-order valence-corrected chi connectivity index (χ2v) is 6.71. The molecule has 0 aromatic heterocycles. The number of fused-ring (bicyclic) bond motifs is 1. The summed E-state index contributed by atoms with van der Waals surface area (Å²) in [7, 11) is 0. The van der Waals surface area contributed by atoms with Crippen molar-refractivity contribution >= 4 is 5.91 Å². The molecule has 1 amide bonds. The standard InChI is InChI=1S/C22H27NO4/c1-17(18-9-10-20-21(16-18)27-15-14-26-20)11-12-23-22(24)8-5-13-25-19-6-3-2-4-7-19/h2-4,6-7,9-10,16-17H,5,8,11-15H2,1H3,(H,23,24). The summed E-state index contributed by atoms with van der Waals surface area (Å²) in [6.07, 6.45) is 2.07. The van der Waals surface area contributed by atoms with Crippen LogP contribution in [0.3, 0.4) is 0 Å². The van der Waals surface area contributed by atoms with Crippen molar-refractivity contribution < 1.29 is 19.0 Å². The molecule has 1 heterocycles. The summed E-state index contributed by atoms with van der Waals surface area (Å²) in [4.78, 5) is 12.0. The smallest absolute Gasteiger partial charge is 0.220 e. The van der Waals surface area contributed by atoms with E-state index in [1.54, 1.807) is 0 Å². The van der Waals surface area contributed by atoms with Gasteiger partial charge < -0.3 is 19.5 Å². The highest BCUT2D eigenvalue weighted by atomic mass is 16.6. The van der Waals surface area contributed by atoms with Crippen LogP contribution in [-0.4, -0.2) is 32.3 Å². The Morgan fingerprint density at radius 1 is 1.11 bits per heavy atom. The van der Waals surface area contributed by atoms with Crippen LogP contribution in [0.2, 0.25) is 0 Å². The molecule has 1 N–H and O–H groups in total. The normalized spacial score (nSPS) is 13.7. The molecule has 0 spiro atoms. The predicted molar refractivity (Wildman–Crippen MR) is 105 cm³/mol. The summed E-state index contributed by atoms with van der Waals surface area (Å²) < 4.78 is 16.8. The lowest BCUT2D eigenvalue weighted by Crippen LogP contribution is -2.25. The van der Waals surface area contributed by atoms with Crippen molar-refractivity contribution in [2.45, 2.75) is 32.1 Å². The minimum atomic E-state index is 0.0704. The third-order valence-electron chi connectivity index (χ3n) is 4.59. The van der Waals surface area contributed by atoms with E-state index >= 15 is 0 Å². The number of hydrogen-bond acceptors (Lipinski definition) is 4. The first-order chi connectivity index (χ1) is 13.2. The lowest BCUT2D eigenvalue weighted by atomic mass is 9.97. The van der Waals surface area contributed by atoms with E-state index in [-0.39, 0.29) is 5.91 Å². The highest BCUT2D eigenvalue weighted by molar-refractivity contribution is 5.75. The van der Waals surface area contributed by atoms with Gasteiger partial charge in [0.15, 0.2) is 11.5 Å². The monoisotopic (exact) mass is 369 g/mol. The van der Waals surface area contributed by atoms with Crippen molar-refractivity contribution in [2.24, 2.45) is 0 Å². The van der Waals surface area contributed by atoms with Gasteiger partial charge in [0.1, 0.15) is 19.0 Å². The summed E-state index contributed by atoms with van der Waals surface area (Å²) >= 11 is 0. The van der Waals surface area contributed by atoms with Gasteiger partial charge in [-0.15, -0.1) is 0 Å². The van der Waals surface area contributed by atoms with Gasteiger partial charge in [0.25, 0.3) is 0 Å². The van der Waals surface area contributed by atoms with Crippen molar-refractivity contribution in [3.05, 3.63) is 54.1 Å². The Morgan fingerprint density at radius 2 is 1.89 bits per heavy atom. The van der Waals surface area contributed by atoms with Crippen LogP contribution in [0.25, 0.3) is 0 Å². The van der Waals surface area contributed by atoms with E-state index in [1.165, 1.54) is 5.56 Å². The lowest BCUT2D eigenvalue weighted by molar-refractivity contribution is -0.121. The van der Waals surface area contributed by atoms with E-state index in [2.05, 4.69) is 18.3 Å². The highest BCUT2D eigenvalue weighted by Crippen LogP contribution is 2.33. The van der Waals surface area contributed by atoms with Gasteiger partial charge in [0, 0.05) is 13.0 Å². The number of amides is 1. The molecular formula is C22H27NO4. The maximum atomic E-state index is 12.0. The van der Waals surface area contributed by atoms with Crippen LogP contribution in [0, 0.1) is 0 Å². The van der Waals surface area contributed by atoms with Crippen LogP contribution in [0.5, 0.6) is 17.2 Å². The zero-order chi connectivity index (χ0) is 18.9. The van der Waals surface area contributed by atoms with Gasteiger partial charge in [-0.25, -0.2) is 0 Å². The van der Waals surface area contributed by atoms with Gasteiger partial charge in [0.2, 0.25) is 5.91 Å². The molecule has 3 rings (SSSR count). The van der Waals surface area contributed by atoms with Crippen molar-refractivity contribution in [3.63, 3.8) is 0 Å². The largest absolute Gasteiger partial charge is 0.494 e. The number of rotatable bonds is 9. The summed E-state index contributed by atoms with van der Waals surface area (Å²) in [5.74, 6) is 2.87. The Morgan fingerprint density at radius 3 is 2.70 bits per heavy atom. The summed E-state index contributed by atoms with van der Waals surface area (Å²) in [6.45, 7) is 4.56. The van der Waals surface area contributed by atoms with Gasteiger partial charge >= 0.3 is 0 Å². The Bertz CT molecular complexity index is 732. The van der Waals surface area contributed by atoms with Crippen molar-refractivity contribution in [2.75, 3.05) is 26.4 Å². The van der Waals surface area contributed by atoms with E-state index in [1.807, 2.05) is 42.5 Å². The molecule has 144 valence electrons. The maximum absolute atomic E-state index is 12.0. The fraction of sp³-hybridized carbons (Fsp3) is 0.409. The van der Waals surface area contributed by atoms with E-state index < -0.39 is 0 Å². The van der Waals surface area contributed by atoms with Gasteiger partial charge in [0.05, 0.1) is 6.61 Å². The number of ether oxygens (including phenoxy) is 3. The van der Waals surface area contributed by atoms with Crippen LogP contribution in [0.1, 0.15) is 37.7 Å². The number of hydrogen-bond donors (Lipinski definition) is 1. The Labute approximate surface area is 160 Å². The summed E-state index contributed by atoms with van der Waals surface area (Å²) in [5, 5.41) is 2.99. The Hall–Kier alpha value is -2.69. The first-order valence-electron chi connectivity index (χ1n) is 9.56. The molecule has 0 fully saturated rings. The van der Waals surface area contributed by atoms with Crippen LogP contribution in [-0.2, 0) is 4.79 Å². The van der Waals surface area contributed by atoms with Crippen molar-refractivity contribution in [1.29, 1.82) is 0 Å². The Balaban J connectivity index is 1.32. The molecule has 1 aliphatic heterocycles. The minimum Gasteiger partial charge on any atom is -0.494 e. The lowest BCUT2D eigenvalue weighted by Gasteiger charge is -2.20. The number of carbonyl (C=O) groups is 1. The fourth-order valence-corrected chi connectivity index (χ4v) is 2.99. The van der Waals surface area contributed by atoms with E-state index in [0.29, 0.717) is 45.1 Å². The molecule has 0 saturated heterocycles. The molecule has 5 heteroatoms. The molecule has 2 aromatic carbocycles. The third kappa shape index (κ3) is 5.91. The molecule has 27 heavy (non-hydrogen) atoms. The van der Waals surface area contributed by atoms with Crippen molar-refractivity contribution in [3.8, 4) is 17.2 Å². The minimum absolute atomic E-state index is 0.0704. The van der Waals surface area contributed by atoms with Gasteiger partial charge in [-0.05, 0) is 48.6 Å². The zero-order valence-corrected chi connectivity index (χ0v) is 15.8. The number of carbonyl (C=O) groups excluding carboxylic acids is 1. The molecule has 2 aromatic rings. The second-order valence-electron chi connectivity index (χ2n) is 6.71. The van der Waals surface area contributed by atoms with Crippen molar-refractivity contribution in [1.82, 2.24) is 5.32 Å². The quantitative estimate of drug-likeness (QED) is 0.681. The number of para-hydroxylation sites is 1. The van der Waals surface area contributed by atoms with Gasteiger partial charge in [-0.3, -0.25) is 4.79 Å². The number of benzene rings is 2. The first-order valence-corrected chi connectivity index (χ1v) is 9.56. The maximum Gasteiger partial charge on any atom is 0.220 e. The van der Waals surface area contributed by atoms with E-state index in [4.69, 9.17) is 14.2 Å². The molecular weight excluding hydrogens is 342 g/mol. The van der Waals surface area contributed by atoms with E-state index in [9.17, 15) is 4.79 Å². The van der Waals surface area contributed by atoms with Crippen LogP contribution in [0.15, 0.2) is 48.5 Å². The average molecular weight is 369 g/mol. The van der Waals surface area contributed by atoms with Gasteiger partial charge in [-0.2, -0.15) is 0 Å². The third-order valence-corrected chi connectivity index (χ3v) is 4.59. The van der Waals surface area contributed by atoms with Gasteiger partial charge in [-0.1, -0.05) is 31.2 Å². The van der Waals surface area contributed by atoms with E-state index in [0.717, 1.165) is 23.7 Å². The van der Waals surface area contributed by atoms with Crippen LogP contribution in [0.4, 0.5) is 0 Å².